The first-order valence-electron chi connectivity index (χ1n) is 4.35. The third-order valence-electron chi connectivity index (χ3n) is 2.21. The molecule has 1 aliphatic rings. The molecule has 0 bridgehead atoms. The Labute approximate surface area is 78.0 Å². The molecular formula is C9H14ClNO. The monoisotopic (exact) mass is 187 g/mol. The van der Waals surface area contributed by atoms with E-state index < -0.39 is 5.37 Å². The molecule has 1 aliphatic carbocycles. The summed E-state index contributed by atoms with van der Waals surface area (Å²) in [6.07, 6.45) is 6.94. The lowest BCUT2D eigenvalue weighted by Crippen LogP contribution is -2.30. The molecule has 0 aromatic heterocycles. The van der Waals surface area contributed by atoms with Crippen LogP contribution in [0.2, 0.25) is 0 Å². The smallest absolute Gasteiger partial charge is 0.314 e. The van der Waals surface area contributed by atoms with Crippen molar-refractivity contribution < 1.29 is 4.79 Å². The summed E-state index contributed by atoms with van der Waals surface area (Å²) in [7, 11) is 0. The van der Waals surface area contributed by atoms with E-state index in [0.29, 0.717) is 0 Å². The highest BCUT2D eigenvalue weighted by atomic mass is 35.5. The van der Waals surface area contributed by atoms with E-state index in [0.717, 1.165) is 12.8 Å². The zero-order chi connectivity index (χ0) is 8.97. The number of halogens is 1. The van der Waals surface area contributed by atoms with Gasteiger partial charge in [-0.2, -0.15) is 0 Å². The average Bonchev–Trinajstić information content (AvgIpc) is 2.05. The maximum Gasteiger partial charge on any atom is 0.314 e. The lowest BCUT2D eigenvalue weighted by atomic mass is 9.95. The second kappa shape index (κ2) is 4.51. The number of carbonyl (C=O) groups excluding carboxylic acids is 1. The van der Waals surface area contributed by atoms with E-state index in [-0.39, 0.29) is 6.04 Å². The van der Waals surface area contributed by atoms with Crippen molar-refractivity contribution in [3.8, 4) is 0 Å². The molecule has 1 unspecified atom stereocenters. The van der Waals surface area contributed by atoms with Crippen molar-refractivity contribution in [3.05, 3.63) is 11.6 Å². The molecule has 0 aromatic carbocycles. The quantitative estimate of drug-likeness (QED) is 0.402. The van der Waals surface area contributed by atoms with E-state index in [9.17, 15) is 4.79 Å². The van der Waals surface area contributed by atoms with Crippen LogP contribution in [0, 0.1) is 0 Å². The van der Waals surface area contributed by atoms with Crippen LogP contribution in [0.25, 0.3) is 0 Å². The van der Waals surface area contributed by atoms with E-state index in [1.807, 2.05) is 6.92 Å². The van der Waals surface area contributed by atoms with Crippen LogP contribution in [0.15, 0.2) is 11.6 Å². The number of nitrogens with one attached hydrogen (secondary N) is 1. The molecule has 2 nitrogen and oxygen atoms in total. The molecule has 12 heavy (non-hydrogen) atoms. The Morgan fingerprint density at radius 3 is 2.92 bits per heavy atom. The Morgan fingerprint density at radius 2 is 2.42 bits per heavy atom. The van der Waals surface area contributed by atoms with Gasteiger partial charge in [0.25, 0.3) is 0 Å². The Bertz CT molecular complexity index is 201. The summed E-state index contributed by atoms with van der Waals surface area (Å²) in [6.45, 7) is 1.97. The minimum Gasteiger partial charge on any atom is -0.336 e. The standard InChI is InChI=1S/C9H14ClNO/c1-7(11-9(10)12)8-5-3-2-4-6-8/h5,7H,2-4,6H2,1H3,(H,11,12). The van der Waals surface area contributed by atoms with Gasteiger partial charge in [-0.05, 0) is 44.2 Å². The van der Waals surface area contributed by atoms with Crippen molar-refractivity contribution in [3.63, 3.8) is 0 Å². The molecule has 0 fully saturated rings. The average molecular weight is 188 g/mol. The van der Waals surface area contributed by atoms with Crippen LogP contribution in [-0.4, -0.2) is 11.4 Å². The van der Waals surface area contributed by atoms with Crippen molar-refractivity contribution in [1.82, 2.24) is 5.32 Å². The molecule has 0 saturated heterocycles. The third kappa shape index (κ3) is 2.86. The fraction of sp³-hybridized carbons (Fsp3) is 0.667. The second-order valence-corrected chi connectivity index (χ2v) is 3.51. The number of hydrogen-bond donors (Lipinski definition) is 1. The van der Waals surface area contributed by atoms with Gasteiger partial charge in [-0.25, -0.2) is 0 Å². The molecule has 1 rings (SSSR count). The van der Waals surface area contributed by atoms with Crippen LogP contribution in [0.3, 0.4) is 0 Å². The largest absolute Gasteiger partial charge is 0.336 e. The van der Waals surface area contributed by atoms with Crippen LogP contribution >= 0.6 is 11.6 Å². The van der Waals surface area contributed by atoms with Crippen molar-refractivity contribution >= 4 is 17.0 Å². The predicted octanol–water partition coefficient (Wildman–Crippen LogP) is 2.82. The predicted molar refractivity (Wildman–Crippen MR) is 50.4 cm³/mol. The molecule has 1 N–H and O–H groups in total. The van der Waals surface area contributed by atoms with E-state index in [2.05, 4.69) is 11.4 Å². The number of hydrogen-bond acceptors (Lipinski definition) is 1. The lowest BCUT2D eigenvalue weighted by Gasteiger charge is -2.19. The van der Waals surface area contributed by atoms with Gasteiger partial charge in [0.15, 0.2) is 0 Å². The molecule has 0 aromatic rings. The fourth-order valence-electron chi connectivity index (χ4n) is 1.52. The Balaban J connectivity index is 2.44. The van der Waals surface area contributed by atoms with Crippen molar-refractivity contribution in [1.29, 1.82) is 0 Å². The molecule has 1 atom stereocenters. The highest BCUT2D eigenvalue weighted by molar-refractivity contribution is 6.63. The van der Waals surface area contributed by atoms with Crippen LogP contribution in [0.4, 0.5) is 4.79 Å². The molecule has 0 aliphatic heterocycles. The summed E-state index contributed by atoms with van der Waals surface area (Å²) in [6, 6.07) is 0.107. The zero-order valence-electron chi connectivity index (χ0n) is 7.27. The first-order chi connectivity index (χ1) is 5.70. The van der Waals surface area contributed by atoms with Crippen molar-refractivity contribution in [2.45, 2.75) is 38.6 Å². The van der Waals surface area contributed by atoms with Gasteiger partial charge in [0.05, 0.1) is 0 Å². The molecule has 0 heterocycles. The van der Waals surface area contributed by atoms with Gasteiger partial charge in [0.2, 0.25) is 0 Å². The Hall–Kier alpha value is -0.500. The number of allylic oxidation sites excluding steroid dienone is 1. The van der Waals surface area contributed by atoms with E-state index in [4.69, 9.17) is 11.6 Å². The van der Waals surface area contributed by atoms with Gasteiger partial charge in [0, 0.05) is 6.04 Å². The number of rotatable bonds is 2. The SMILES string of the molecule is CC(NC(=O)Cl)C1=CCCCC1. The van der Waals surface area contributed by atoms with Crippen molar-refractivity contribution in [2.24, 2.45) is 0 Å². The van der Waals surface area contributed by atoms with Gasteiger partial charge in [-0.1, -0.05) is 11.6 Å². The van der Waals surface area contributed by atoms with E-state index >= 15 is 0 Å². The van der Waals surface area contributed by atoms with Gasteiger partial charge in [-0.3, -0.25) is 4.79 Å². The van der Waals surface area contributed by atoms with Crippen molar-refractivity contribution in [2.75, 3.05) is 0 Å². The normalized spacial score (nSPS) is 19.7. The maximum atomic E-state index is 10.5. The zero-order valence-corrected chi connectivity index (χ0v) is 8.03. The molecule has 68 valence electrons. The molecule has 3 heteroatoms. The summed E-state index contributed by atoms with van der Waals surface area (Å²) in [4.78, 5) is 10.5. The van der Waals surface area contributed by atoms with E-state index in [1.54, 1.807) is 0 Å². The minimum atomic E-state index is -0.464. The summed E-state index contributed by atoms with van der Waals surface area (Å²) in [5.74, 6) is 0. The number of amides is 1. The van der Waals surface area contributed by atoms with Crippen LogP contribution < -0.4 is 5.32 Å². The summed E-state index contributed by atoms with van der Waals surface area (Å²) in [5.41, 5.74) is 1.32. The lowest BCUT2D eigenvalue weighted by molar-refractivity contribution is 0.258. The minimum absolute atomic E-state index is 0.107. The maximum absolute atomic E-state index is 10.5. The summed E-state index contributed by atoms with van der Waals surface area (Å²) in [5, 5.41) is 2.21. The van der Waals surface area contributed by atoms with E-state index in [1.165, 1.54) is 18.4 Å². The van der Waals surface area contributed by atoms with Crippen LogP contribution in [-0.2, 0) is 0 Å². The van der Waals surface area contributed by atoms with Gasteiger partial charge < -0.3 is 5.32 Å². The van der Waals surface area contributed by atoms with Crippen LogP contribution in [0.5, 0.6) is 0 Å². The first-order valence-corrected chi connectivity index (χ1v) is 4.73. The third-order valence-corrected chi connectivity index (χ3v) is 2.32. The molecule has 1 amide bonds. The molecule has 0 saturated carbocycles. The molecule has 0 radical (unpaired) electrons. The fourth-order valence-corrected chi connectivity index (χ4v) is 1.68. The molecule has 0 spiro atoms. The molecular weight excluding hydrogens is 174 g/mol. The van der Waals surface area contributed by atoms with Gasteiger partial charge >= 0.3 is 5.37 Å². The van der Waals surface area contributed by atoms with Gasteiger partial charge in [0.1, 0.15) is 0 Å². The number of carbonyl (C=O) groups is 1. The highest BCUT2D eigenvalue weighted by Crippen LogP contribution is 2.20. The first kappa shape index (κ1) is 9.59. The summed E-state index contributed by atoms with van der Waals surface area (Å²) < 4.78 is 0. The second-order valence-electron chi connectivity index (χ2n) is 3.16. The Kier molecular flexibility index (Phi) is 3.60. The van der Waals surface area contributed by atoms with Gasteiger partial charge in [-0.15, -0.1) is 0 Å². The topological polar surface area (TPSA) is 29.1 Å². The van der Waals surface area contributed by atoms with Crippen LogP contribution in [0.1, 0.15) is 32.6 Å². The summed E-state index contributed by atoms with van der Waals surface area (Å²) >= 11 is 5.21. The Morgan fingerprint density at radius 1 is 1.67 bits per heavy atom. The highest BCUT2D eigenvalue weighted by Gasteiger charge is 2.12.